The van der Waals surface area contributed by atoms with Crippen molar-refractivity contribution in [3.63, 3.8) is 0 Å². The minimum atomic E-state index is -0.309. The average Bonchev–Trinajstić information content (AvgIpc) is 2.92. The SMILES string of the molecule is Cc1ccc(N2C(=O)C(c3ccc(Cl)cc3)=C(N3CC(C)OC(C)C3)C2=O)c(C)c1. The van der Waals surface area contributed by atoms with Crippen LogP contribution < -0.4 is 4.90 Å². The number of carbonyl (C=O) groups is 2. The largest absolute Gasteiger partial charge is 0.372 e. The van der Waals surface area contributed by atoms with Crippen LogP contribution in [0, 0.1) is 13.8 Å². The van der Waals surface area contributed by atoms with Gasteiger partial charge in [0.15, 0.2) is 0 Å². The van der Waals surface area contributed by atoms with Crippen molar-refractivity contribution in [1.82, 2.24) is 4.90 Å². The molecule has 0 aliphatic carbocycles. The number of aryl methyl sites for hydroxylation is 2. The zero-order valence-electron chi connectivity index (χ0n) is 17.6. The molecule has 4 rings (SSSR count). The number of benzene rings is 2. The van der Waals surface area contributed by atoms with Crippen LogP contribution in [0.25, 0.3) is 5.57 Å². The Kier molecular flexibility index (Phi) is 5.43. The van der Waals surface area contributed by atoms with E-state index in [4.69, 9.17) is 16.3 Å². The third-order valence-electron chi connectivity index (χ3n) is 5.52. The fraction of sp³-hybridized carbons (Fsp3) is 0.333. The summed E-state index contributed by atoms with van der Waals surface area (Å²) in [6, 6.07) is 12.8. The first-order valence-corrected chi connectivity index (χ1v) is 10.5. The molecule has 0 radical (unpaired) electrons. The predicted molar refractivity (Wildman–Crippen MR) is 118 cm³/mol. The summed E-state index contributed by atoms with van der Waals surface area (Å²) in [6.07, 6.45) is -0.0726. The highest BCUT2D eigenvalue weighted by Crippen LogP contribution is 2.37. The Hall–Kier alpha value is -2.63. The lowest BCUT2D eigenvalue weighted by atomic mass is 10.0. The molecule has 156 valence electrons. The lowest BCUT2D eigenvalue weighted by molar-refractivity contribution is -0.121. The van der Waals surface area contributed by atoms with Gasteiger partial charge in [0.25, 0.3) is 11.8 Å². The molecule has 5 nitrogen and oxygen atoms in total. The highest BCUT2D eigenvalue weighted by Gasteiger charge is 2.44. The van der Waals surface area contributed by atoms with Crippen LogP contribution in [-0.4, -0.2) is 42.0 Å². The molecule has 2 aromatic carbocycles. The van der Waals surface area contributed by atoms with Gasteiger partial charge in [-0.15, -0.1) is 0 Å². The fourth-order valence-corrected chi connectivity index (χ4v) is 4.45. The maximum absolute atomic E-state index is 13.7. The van der Waals surface area contributed by atoms with Crippen molar-refractivity contribution >= 4 is 34.7 Å². The van der Waals surface area contributed by atoms with Crippen molar-refractivity contribution in [1.29, 1.82) is 0 Å². The molecule has 0 aromatic heterocycles. The normalized spacial score (nSPS) is 22.3. The summed E-state index contributed by atoms with van der Waals surface area (Å²) < 4.78 is 5.85. The van der Waals surface area contributed by atoms with Gasteiger partial charge in [0.2, 0.25) is 0 Å². The number of hydrogen-bond donors (Lipinski definition) is 0. The predicted octanol–water partition coefficient (Wildman–Crippen LogP) is 4.35. The topological polar surface area (TPSA) is 49.9 Å². The van der Waals surface area contributed by atoms with Gasteiger partial charge in [0, 0.05) is 18.1 Å². The Bertz CT molecular complexity index is 1030. The molecule has 2 atom stereocenters. The summed E-state index contributed by atoms with van der Waals surface area (Å²) in [5.74, 6) is -0.603. The van der Waals surface area contributed by atoms with E-state index in [1.54, 1.807) is 24.3 Å². The Morgan fingerprint density at radius 2 is 1.57 bits per heavy atom. The summed E-state index contributed by atoms with van der Waals surface area (Å²) in [7, 11) is 0. The van der Waals surface area contributed by atoms with Crippen LogP contribution in [0.2, 0.25) is 5.02 Å². The molecule has 2 aliphatic rings. The number of halogens is 1. The van der Waals surface area contributed by atoms with Crippen molar-refractivity contribution in [3.05, 3.63) is 69.9 Å². The van der Waals surface area contributed by atoms with Gasteiger partial charge in [0.05, 0.1) is 23.5 Å². The van der Waals surface area contributed by atoms with Crippen molar-refractivity contribution in [2.45, 2.75) is 39.9 Å². The number of ether oxygens (including phenoxy) is 1. The molecule has 2 aromatic rings. The van der Waals surface area contributed by atoms with E-state index in [1.165, 1.54) is 4.90 Å². The maximum atomic E-state index is 13.7. The van der Waals surface area contributed by atoms with Gasteiger partial charge in [-0.05, 0) is 57.0 Å². The van der Waals surface area contributed by atoms with Gasteiger partial charge < -0.3 is 9.64 Å². The van der Waals surface area contributed by atoms with Gasteiger partial charge in [0.1, 0.15) is 5.70 Å². The Balaban J connectivity index is 1.85. The van der Waals surface area contributed by atoms with E-state index in [-0.39, 0.29) is 24.0 Å². The third kappa shape index (κ3) is 3.64. The van der Waals surface area contributed by atoms with Crippen LogP contribution in [0.4, 0.5) is 5.69 Å². The second-order valence-electron chi connectivity index (χ2n) is 8.13. The molecule has 2 heterocycles. The lowest BCUT2D eigenvalue weighted by Gasteiger charge is -2.37. The molecule has 2 aliphatic heterocycles. The van der Waals surface area contributed by atoms with Gasteiger partial charge >= 0.3 is 0 Å². The number of amides is 2. The van der Waals surface area contributed by atoms with Crippen molar-refractivity contribution in [2.24, 2.45) is 0 Å². The molecular weight excluding hydrogens is 400 g/mol. The molecule has 0 bridgehead atoms. The van der Waals surface area contributed by atoms with Crippen LogP contribution in [0.1, 0.15) is 30.5 Å². The molecule has 0 N–H and O–H groups in total. The molecule has 2 amide bonds. The van der Waals surface area contributed by atoms with Crippen molar-refractivity contribution in [2.75, 3.05) is 18.0 Å². The summed E-state index contributed by atoms with van der Waals surface area (Å²) in [4.78, 5) is 30.6. The molecule has 0 saturated carbocycles. The van der Waals surface area contributed by atoms with Crippen LogP contribution in [0.3, 0.4) is 0 Å². The first kappa shape index (κ1) is 20.6. The highest BCUT2D eigenvalue weighted by molar-refractivity contribution is 6.45. The summed E-state index contributed by atoms with van der Waals surface area (Å²) in [5, 5.41) is 0.581. The van der Waals surface area contributed by atoms with Crippen molar-refractivity contribution in [3.8, 4) is 0 Å². The van der Waals surface area contributed by atoms with Crippen molar-refractivity contribution < 1.29 is 14.3 Å². The highest BCUT2D eigenvalue weighted by atomic mass is 35.5. The van der Waals surface area contributed by atoms with E-state index >= 15 is 0 Å². The number of imide groups is 1. The lowest BCUT2D eigenvalue weighted by Crippen LogP contribution is -2.47. The number of carbonyl (C=O) groups excluding carboxylic acids is 2. The summed E-state index contributed by atoms with van der Waals surface area (Å²) >= 11 is 6.06. The van der Waals surface area contributed by atoms with Gasteiger partial charge in [-0.25, -0.2) is 4.90 Å². The quantitative estimate of drug-likeness (QED) is 0.687. The van der Waals surface area contributed by atoms with Crippen LogP contribution >= 0.6 is 11.6 Å². The second kappa shape index (κ2) is 7.89. The van der Waals surface area contributed by atoms with Crippen LogP contribution in [0.15, 0.2) is 48.2 Å². The number of morpholine rings is 1. The Morgan fingerprint density at radius 3 is 2.17 bits per heavy atom. The molecule has 1 fully saturated rings. The van der Waals surface area contributed by atoms with E-state index in [9.17, 15) is 9.59 Å². The maximum Gasteiger partial charge on any atom is 0.282 e. The minimum absolute atomic E-state index is 0.0363. The zero-order chi connectivity index (χ0) is 21.6. The monoisotopic (exact) mass is 424 g/mol. The summed E-state index contributed by atoms with van der Waals surface area (Å²) in [5.41, 5.74) is 4.12. The fourth-order valence-electron chi connectivity index (χ4n) is 4.32. The summed E-state index contributed by atoms with van der Waals surface area (Å²) in [6.45, 7) is 8.97. The smallest absolute Gasteiger partial charge is 0.282 e. The molecular formula is C24H25ClN2O3. The first-order chi connectivity index (χ1) is 14.3. The number of anilines is 1. The van der Waals surface area contributed by atoms with E-state index < -0.39 is 0 Å². The minimum Gasteiger partial charge on any atom is -0.372 e. The van der Waals surface area contributed by atoms with Crippen LogP contribution in [-0.2, 0) is 14.3 Å². The van der Waals surface area contributed by atoms with E-state index in [1.807, 2.05) is 50.8 Å². The van der Waals surface area contributed by atoms with E-state index in [2.05, 4.69) is 0 Å². The van der Waals surface area contributed by atoms with Crippen LogP contribution in [0.5, 0.6) is 0 Å². The van der Waals surface area contributed by atoms with Gasteiger partial charge in [-0.3, -0.25) is 9.59 Å². The first-order valence-electron chi connectivity index (χ1n) is 10.1. The number of nitrogens with zero attached hydrogens (tertiary/aromatic N) is 2. The zero-order valence-corrected chi connectivity index (χ0v) is 18.4. The van der Waals surface area contributed by atoms with Gasteiger partial charge in [-0.2, -0.15) is 0 Å². The Morgan fingerprint density at radius 1 is 0.933 bits per heavy atom. The van der Waals surface area contributed by atoms with E-state index in [0.29, 0.717) is 40.6 Å². The average molecular weight is 425 g/mol. The van der Waals surface area contributed by atoms with Gasteiger partial charge in [-0.1, -0.05) is 41.4 Å². The second-order valence-corrected chi connectivity index (χ2v) is 8.56. The molecule has 6 heteroatoms. The molecule has 0 spiro atoms. The van der Waals surface area contributed by atoms with E-state index in [0.717, 1.165) is 11.1 Å². The molecule has 1 saturated heterocycles. The molecule has 2 unspecified atom stereocenters. The third-order valence-corrected chi connectivity index (χ3v) is 5.77. The number of hydrogen-bond acceptors (Lipinski definition) is 4. The Labute approximate surface area is 181 Å². The molecule has 30 heavy (non-hydrogen) atoms. The number of rotatable bonds is 3. The standard InChI is InChI=1S/C24H25ClN2O3/c1-14-5-10-20(15(2)11-14)27-23(28)21(18-6-8-19(25)9-7-18)22(24(27)29)26-12-16(3)30-17(4)13-26/h5-11,16-17H,12-13H2,1-4H3.